The van der Waals surface area contributed by atoms with Gasteiger partial charge >= 0.3 is 0 Å². The molecule has 138 valence electrons. The van der Waals surface area contributed by atoms with E-state index in [1.54, 1.807) is 4.68 Å². The molecule has 1 fully saturated rings. The van der Waals surface area contributed by atoms with E-state index in [4.69, 9.17) is 0 Å². The minimum atomic E-state index is -0.199. The summed E-state index contributed by atoms with van der Waals surface area (Å²) < 4.78 is 2.72. The van der Waals surface area contributed by atoms with Crippen molar-refractivity contribution in [2.75, 3.05) is 0 Å². The van der Waals surface area contributed by atoms with Gasteiger partial charge in [-0.15, -0.1) is 5.10 Å². The van der Waals surface area contributed by atoms with Crippen LogP contribution in [0.1, 0.15) is 42.7 Å². The van der Waals surface area contributed by atoms with Crippen molar-refractivity contribution < 1.29 is 4.79 Å². The van der Waals surface area contributed by atoms with E-state index in [1.807, 2.05) is 54.6 Å². The molecule has 2 aromatic carbocycles. The van der Waals surface area contributed by atoms with E-state index < -0.39 is 0 Å². The Kier molecular flexibility index (Phi) is 5.34. The Morgan fingerprint density at radius 2 is 1.70 bits per heavy atom. The number of nitrogens with zero attached hydrogens (tertiary/aromatic N) is 3. The van der Waals surface area contributed by atoms with Crippen LogP contribution in [0.15, 0.2) is 59.1 Å². The fraction of sp³-hybridized carbons (Fsp3) is 0.286. The van der Waals surface area contributed by atoms with Crippen molar-refractivity contribution in [2.45, 2.75) is 38.1 Å². The van der Waals surface area contributed by atoms with Gasteiger partial charge in [-0.05, 0) is 37.1 Å². The van der Waals surface area contributed by atoms with Crippen LogP contribution in [0.5, 0.6) is 0 Å². The van der Waals surface area contributed by atoms with E-state index in [2.05, 4.69) is 31.3 Å². The van der Waals surface area contributed by atoms with Crippen LogP contribution in [0.2, 0.25) is 0 Å². The molecule has 0 unspecified atom stereocenters. The molecule has 0 aliphatic heterocycles. The molecular formula is C21H21BrN4O. The van der Waals surface area contributed by atoms with Gasteiger partial charge in [0.25, 0.3) is 5.91 Å². The molecule has 5 nitrogen and oxygen atoms in total. The fourth-order valence-electron chi connectivity index (χ4n) is 3.44. The number of benzene rings is 2. The predicted molar refractivity (Wildman–Crippen MR) is 109 cm³/mol. The average Bonchev–Trinajstić information content (AvgIpc) is 3.16. The monoisotopic (exact) mass is 424 g/mol. The van der Waals surface area contributed by atoms with Crippen molar-refractivity contribution in [1.82, 2.24) is 20.1 Å². The molecule has 1 aliphatic carbocycles. The lowest BCUT2D eigenvalue weighted by Crippen LogP contribution is -2.36. The topological polar surface area (TPSA) is 59.8 Å². The zero-order valence-corrected chi connectivity index (χ0v) is 16.5. The number of hydrogen-bond donors (Lipinski definition) is 1. The molecule has 0 spiro atoms. The third-order valence-corrected chi connectivity index (χ3v) is 5.38. The first-order valence-corrected chi connectivity index (χ1v) is 10.1. The highest BCUT2D eigenvalue weighted by Crippen LogP contribution is 2.23. The summed E-state index contributed by atoms with van der Waals surface area (Å²) in [6.45, 7) is 0. The van der Waals surface area contributed by atoms with E-state index in [0.29, 0.717) is 5.82 Å². The smallest absolute Gasteiger partial charge is 0.291 e. The third kappa shape index (κ3) is 4.11. The van der Waals surface area contributed by atoms with Gasteiger partial charge in [-0.1, -0.05) is 65.5 Å². The van der Waals surface area contributed by atoms with Crippen molar-refractivity contribution in [3.8, 4) is 17.1 Å². The Hall–Kier alpha value is -2.47. The fourth-order valence-corrected chi connectivity index (χ4v) is 3.71. The molecule has 4 rings (SSSR count). The second-order valence-corrected chi connectivity index (χ2v) is 7.74. The summed E-state index contributed by atoms with van der Waals surface area (Å²) in [7, 11) is 0. The molecule has 1 saturated carbocycles. The van der Waals surface area contributed by atoms with Gasteiger partial charge in [-0.2, -0.15) is 0 Å². The predicted octanol–water partition coefficient (Wildman–Crippen LogP) is 4.76. The van der Waals surface area contributed by atoms with Crippen LogP contribution in [-0.2, 0) is 0 Å². The number of nitrogens with one attached hydrogen (secondary N) is 1. The first-order chi connectivity index (χ1) is 13.2. The highest BCUT2D eigenvalue weighted by Gasteiger charge is 2.22. The highest BCUT2D eigenvalue weighted by atomic mass is 79.9. The molecule has 0 atom stereocenters. The van der Waals surface area contributed by atoms with Gasteiger partial charge in [-0.3, -0.25) is 4.79 Å². The summed E-state index contributed by atoms with van der Waals surface area (Å²) in [6, 6.07) is 17.9. The quantitative estimate of drug-likeness (QED) is 0.656. The second kappa shape index (κ2) is 8.05. The number of carbonyl (C=O) groups excluding carboxylic acids is 1. The van der Waals surface area contributed by atoms with E-state index in [0.717, 1.165) is 28.6 Å². The molecule has 27 heavy (non-hydrogen) atoms. The van der Waals surface area contributed by atoms with Gasteiger partial charge < -0.3 is 5.32 Å². The largest absolute Gasteiger partial charge is 0.347 e. The SMILES string of the molecule is O=C(NC1CCCCC1)c1nc(-c2ccccc2)n(-c2ccc(Br)cc2)n1. The summed E-state index contributed by atoms with van der Waals surface area (Å²) in [5.74, 6) is 0.670. The number of halogens is 1. The van der Waals surface area contributed by atoms with Crippen molar-refractivity contribution in [3.63, 3.8) is 0 Å². The van der Waals surface area contributed by atoms with Crippen LogP contribution < -0.4 is 5.32 Å². The number of carbonyl (C=O) groups is 1. The molecular weight excluding hydrogens is 404 g/mol. The van der Waals surface area contributed by atoms with Crippen molar-refractivity contribution in [3.05, 3.63) is 64.9 Å². The van der Waals surface area contributed by atoms with Crippen molar-refractivity contribution in [2.24, 2.45) is 0 Å². The molecule has 6 heteroatoms. The molecule has 0 saturated heterocycles. The second-order valence-electron chi connectivity index (χ2n) is 6.82. The zero-order valence-electron chi connectivity index (χ0n) is 14.9. The number of rotatable bonds is 4. The van der Waals surface area contributed by atoms with Crippen molar-refractivity contribution >= 4 is 21.8 Å². The molecule has 1 amide bonds. The van der Waals surface area contributed by atoms with Gasteiger partial charge in [-0.25, -0.2) is 9.67 Å². The molecule has 1 heterocycles. The molecule has 1 N–H and O–H groups in total. The number of aromatic nitrogens is 3. The van der Waals surface area contributed by atoms with Crippen LogP contribution in [0, 0.1) is 0 Å². The van der Waals surface area contributed by atoms with E-state index >= 15 is 0 Å². The van der Waals surface area contributed by atoms with E-state index in [9.17, 15) is 4.79 Å². The molecule has 0 radical (unpaired) electrons. The minimum Gasteiger partial charge on any atom is -0.347 e. The molecule has 0 bridgehead atoms. The summed E-state index contributed by atoms with van der Waals surface area (Å²) in [5.41, 5.74) is 1.78. The zero-order chi connectivity index (χ0) is 18.6. The average molecular weight is 425 g/mol. The molecule has 1 aromatic heterocycles. The molecule has 1 aliphatic rings. The first kappa shape index (κ1) is 17.9. The summed E-state index contributed by atoms with van der Waals surface area (Å²) in [4.78, 5) is 17.3. The van der Waals surface area contributed by atoms with Gasteiger partial charge in [0.2, 0.25) is 5.82 Å². The Bertz CT molecular complexity index is 915. The van der Waals surface area contributed by atoms with Gasteiger partial charge in [0, 0.05) is 16.1 Å². The maximum atomic E-state index is 12.7. The summed E-state index contributed by atoms with van der Waals surface area (Å²) in [5, 5.41) is 7.63. The lowest BCUT2D eigenvalue weighted by atomic mass is 9.95. The van der Waals surface area contributed by atoms with Crippen molar-refractivity contribution in [1.29, 1.82) is 0 Å². The lowest BCUT2D eigenvalue weighted by Gasteiger charge is -2.21. The lowest BCUT2D eigenvalue weighted by molar-refractivity contribution is 0.0917. The van der Waals surface area contributed by atoms with Gasteiger partial charge in [0.05, 0.1) is 5.69 Å². The van der Waals surface area contributed by atoms with E-state index in [-0.39, 0.29) is 17.8 Å². The first-order valence-electron chi connectivity index (χ1n) is 9.30. The van der Waals surface area contributed by atoms with Crippen LogP contribution in [0.4, 0.5) is 0 Å². The van der Waals surface area contributed by atoms with Crippen LogP contribution in [0.3, 0.4) is 0 Å². The third-order valence-electron chi connectivity index (χ3n) is 4.85. The standard InChI is InChI=1S/C21H21BrN4O/c22-16-11-13-18(14-12-16)26-20(15-7-3-1-4-8-15)24-19(25-26)21(27)23-17-9-5-2-6-10-17/h1,3-4,7-8,11-14,17H,2,5-6,9-10H2,(H,23,27). The molecule has 3 aromatic rings. The maximum Gasteiger partial charge on any atom is 0.291 e. The summed E-state index contributed by atoms with van der Waals surface area (Å²) >= 11 is 3.46. The van der Waals surface area contributed by atoms with E-state index in [1.165, 1.54) is 19.3 Å². The van der Waals surface area contributed by atoms with Crippen LogP contribution >= 0.6 is 15.9 Å². The van der Waals surface area contributed by atoms with Gasteiger partial charge in [0.15, 0.2) is 5.82 Å². The Labute approximate surface area is 167 Å². The Morgan fingerprint density at radius 1 is 1.00 bits per heavy atom. The van der Waals surface area contributed by atoms with Gasteiger partial charge in [0.1, 0.15) is 0 Å². The Morgan fingerprint density at radius 3 is 2.41 bits per heavy atom. The summed E-state index contributed by atoms with van der Waals surface area (Å²) in [6.07, 6.45) is 5.65. The Balaban J connectivity index is 1.69. The number of hydrogen-bond acceptors (Lipinski definition) is 3. The minimum absolute atomic E-state index is 0.199. The normalized spacial score (nSPS) is 14.9. The van der Waals surface area contributed by atoms with Crippen LogP contribution in [-0.4, -0.2) is 26.7 Å². The maximum absolute atomic E-state index is 12.7. The van der Waals surface area contributed by atoms with Crippen LogP contribution in [0.25, 0.3) is 17.1 Å². The highest BCUT2D eigenvalue weighted by molar-refractivity contribution is 9.10. The number of amides is 1.